The predicted octanol–water partition coefficient (Wildman–Crippen LogP) is 0.316. The van der Waals surface area contributed by atoms with Crippen LogP contribution in [0.1, 0.15) is 31.2 Å². The Morgan fingerprint density at radius 2 is 2.15 bits per heavy atom. The lowest BCUT2D eigenvalue weighted by Gasteiger charge is -2.21. The Labute approximate surface area is 118 Å². The largest absolute Gasteiger partial charge is 0.341 e. The molecule has 1 fully saturated rings. The number of likely N-dealkylation sites (tertiary alicyclic amines) is 1. The molecular weight excluding hydrogens is 280 g/mol. The van der Waals surface area contributed by atoms with E-state index in [9.17, 15) is 13.2 Å². The smallest absolute Gasteiger partial charge is 0.244 e. The number of aryl methyl sites for hydroxylation is 2. The van der Waals surface area contributed by atoms with Gasteiger partial charge in [-0.1, -0.05) is 0 Å². The van der Waals surface area contributed by atoms with Gasteiger partial charge in [0.15, 0.2) is 0 Å². The van der Waals surface area contributed by atoms with Crippen molar-refractivity contribution in [1.82, 2.24) is 19.8 Å². The number of sulfonamides is 1. The number of nitrogens with zero attached hydrogens (tertiary/aromatic N) is 2. The standard InChI is InChI=1S/C12H20N4O3S/c1-8(7-16-6-4-5-11(16)17)15-20(18,19)12-9(2)13-14-10(12)3/h8,15H,4-7H2,1-3H3,(H,13,14). The molecule has 0 bridgehead atoms. The van der Waals surface area contributed by atoms with Crippen LogP contribution in [0.3, 0.4) is 0 Å². The van der Waals surface area contributed by atoms with Gasteiger partial charge >= 0.3 is 0 Å². The molecule has 0 spiro atoms. The van der Waals surface area contributed by atoms with E-state index in [0.29, 0.717) is 30.9 Å². The van der Waals surface area contributed by atoms with Crippen molar-refractivity contribution >= 4 is 15.9 Å². The molecule has 2 heterocycles. The Hall–Kier alpha value is -1.41. The lowest BCUT2D eigenvalue weighted by molar-refractivity contribution is -0.127. The number of carbonyl (C=O) groups excluding carboxylic acids is 1. The van der Waals surface area contributed by atoms with Crippen LogP contribution in [0.2, 0.25) is 0 Å². The van der Waals surface area contributed by atoms with Crippen molar-refractivity contribution < 1.29 is 13.2 Å². The third-order valence-corrected chi connectivity index (χ3v) is 5.20. The van der Waals surface area contributed by atoms with Crippen molar-refractivity contribution in [3.63, 3.8) is 0 Å². The van der Waals surface area contributed by atoms with E-state index >= 15 is 0 Å². The summed E-state index contributed by atoms with van der Waals surface area (Å²) >= 11 is 0. The molecule has 2 rings (SSSR count). The Morgan fingerprint density at radius 3 is 2.65 bits per heavy atom. The normalized spacial score (nSPS) is 17.8. The Bertz CT molecular complexity index is 589. The summed E-state index contributed by atoms with van der Waals surface area (Å²) in [5, 5.41) is 6.56. The maximum Gasteiger partial charge on any atom is 0.244 e. The van der Waals surface area contributed by atoms with Crippen molar-refractivity contribution in [3.05, 3.63) is 11.4 Å². The monoisotopic (exact) mass is 300 g/mol. The first-order chi connectivity index (χ1) is 9.31. The van der Waals surface area contributed by atoms with Gasteiger partial charge in [0.1, 0.15) is 4.90 Å². The number of hydrogen-bond donors (Lipinski definition) is 2. The molecule has 1 unspecified atom stereocenters. The summed E-state index contributed by atoms with van der Waals surface area (Å²) in [5.41, 5.74) is 0.957. The third kappa shape index (κ3) is 3.01. The predicted molar refractivity (Wildman–Crippen MR) is 73.7 cm³/mol. The van der Waals surface area contributed by atoms with Crippen LogP contribution >= 0.6 is 0 Å². The second-order valence-electron chi connectivity index (χ2n) is 5.23. The summed E-state index contributed by atoms with van der Waals surface area (Å²) in [5.74, 6) is 0.0896. The second kappa shape index (κ2) is 5.53. The summed E-state index contributed by atoms with van der Waals surface area (Å²) in [6, 6.07) is -0.337. The van der Waals surface area contributed by atoms with Crippen LogP contribution in [-0.4, -0.2) is 48.6 Å². The molecule has 2 N–H and O–H groups in total. The first-order valence-electron chi connectivity index (χ1n) is 6.63. The number of carbonyl (C=O) groups is 1. The average Bonchev–Trinajstić information content (AvgIpc) is 2.85. The SMILES string of the molecule is Cc1n[nH]c(C)c1S(=O)(=O)NC(C)CN1CCCC1=O. The zero-order valence-electron chi connectivity index (χ0n) is 11.9. The van der Waals surface area contributed by atoms with Crippen LogP contribution in [0.25, 0.3) is 0 Å². The molecule has 1 aliphatic heterocycles. The highest BCUT2D eigenvalue weighted by atomic mass is 32.2. The topological polar surface area (TPSA) is 95.2 Å². The Balaban J connectivity index is 2.07. The summed E-state index contributed by atoms with van der Waals surface area (Å²) < 4.78 is 27.3. The van der Waals surface area contributed by atoms with Gasteiger partial charge in [0.25, 0.3) is 0 Å². The van der Waals surface area contributed by atoms with E-state index in [1.54, 1.807) is 25.7 Å². The molecule has 20 heavy (non-hydrogen) atoms. The van der Waals surface area contributed by atoms with Crippen molar-refractivity contribution in [2.45, 2.75) is 44.6 Å². The maximum absolute atomic E-state index is 12.3. The minimum Gasteiger partial charge on any atom is -0.341 e. The number of rotatable bonds is 5. The van der Waals surface area contributed by atoms with Crippen LogP contribution in [0.5, 0.6) is 0 Å². The molecule has 1 aromatic rings. The molecule has 1 amide bonds. The van der Waals surface area contributed by atoms with Gasteiger partial charge in [-0.25, -0.2) is 13.1 Å². The van der Waals surface area contributed by atoms with E-state index in [2.05, 4.69) is 14.9 Å². The highest BCUT2D eigenvalue weighted by Crippen LogP contribution is 2.17. The average molecular weight is 300 g/mol. The molecular formula is C12H20N4O3S. The van der Waals surface area contributed by atoms with Crippen LogP contribution in [0, 0.1) is 13.8 Å². The minimum absolute atomic E-state index is 0.0896. The molecule has 1 atom stereocenters. The van der Waals surface area contributed by atoms with E-state index in [4.69, 9.17) is 0 Å². The number of hydrogen-bond acceptors (Lipinski definition) is 4. The maximum atomic E-state index is 12.3. The van der Waals surface area contributed by atoms with Crippen LogP contribution in [-0.2, 0) is 14.8 Å². The molecule has 112 valence electrons. The molecule has 0 radical (unpaired) electrons. The molecule has 0 aliphatic carbocycles. The number of amides is 1. The molecule has 1 aliphatic rings. The summed E-state index contributed by atoms with van der Waals surface area (Å²) in [6.45, 7) is 6.17. The van der Waals surface area contributed by atoms with E-state index in [-0.39, 0.29) is 16.8 Å². The van der Waals surface area contributed by atoms with Gasteiger partial charge < -0.3 is 4.90 Å². The van der Waals surface area contributed by atoms with Gasteiger partial charge in [-0.3, -0.25) is 9.89 Å². The Kier molecular flexibility index (Phi) is 4.14. The van der Waals surface area contributed by atoms with Crippen LogP contribution in [0.15, 0.2) is 4.90 Å². The first-order valence-corrected chi connectivity index (χ1v) is 8.11. The van der Waals surface area contributed by atoms with Gasteiger partial charge in [0.05, 0.1) is 11.4 Å². The van der Waals surface area contributed by atoms with Gasteiger partial charge in [-0.15, -0.1) is 0 Å². The summed E-state index contributed by atoms with van der Waals surface area (Å²) in [7, 11) is -3.62. The van der Waals surface area contributed by atoms with E-state index < -0.39 is 10.0 Å². The summed E-state index contributed by atoms with van der Waals surface area (Å²) in [6.07, 6.45) is 1.40. The third-order valence-electron chi connectivity index (χ3n) is 3.35. The van der Waals surface area contributed by atoms with Crippen molar-refractivity contribution in [1.29, 1.82) is 0 Å². The molecule has 0 saturated carbocycles. The van der Waals surface area contributed by atoms with Gasteiger partial charge in [-0.2, -0.15) is 5.10 Å². The molecule has 1 aromatic heterocycles. The second-order valence-corrected chi connectivity index (χ2v) is 6.88. The van der Waals surface area contributed by atoms with Crippen molar-refractivity contribution in [2.24, 2.45) is 0 Å². The molecule has 1 saturated heterocycles. The quantitative estimate of drug-likeness (QED) is 0.818. The lowest BCUT2D eigenvalue weighted by Crippen LogP contribution is -2.42. The molecule has 8 heteroatoms. The van der Waals surface area contributed by atoms with Gasteiger partial charge in [0.2, 0.25) is 15.9 Å². The highest BCUT2D eigenvalue weighted by Gasteiger charge is 2.27. The molecule has 7 nitrogen and oxygen atoms in total. The minimum atomic E-state index is -3.62. The number of aromatic nitrogens is 2. The van der Waals surface area contributed by atoms with Crippen molar-refractivity contribution in [2.75, 3.05) is 13.1 Å². The first kappa shape index (κ1) is 15.0. The number of aromatic amines is 1. The van der Waals surface area contributed by atoms with Gasteiger partial charge in [0, 0.05) is 25.6 Å². The highest BCUT2D eigenvalue weighted by molar-refractivity contribution is 7.89. The van der Waals surface area contributed by atoms with Crippen LogP contribution in [0.4, 0.5) is 0 Å². The summed E-state index contributed by atoms with van der Waals surface area (Å²) in [4.78, 5) is 13.4. The fourth-order valence-corrected chi connectivity index (χ4v) is 4.13. The zero-order chi connectivity index (χ0) is 14.9. The fourth-order valence-electron chi connectivity index (χ4n) is 2.53. The zero-order valence-corrected chi connectivity index (χ0v) is 12.7. The van der Waals surface area contributed by atoms with Gasteiger partial charge in [-0.05, 0) is 27.2 Å². The van der Waals surface area contributed by atoms with Crippen LogP contribution < -0.4 is 4.72 Å². The number of nitrogens with one attached hydrogen (secondary N) is 2. The number of H-pyrrole nitrogens is 1. The van der Waals surface area contributed by atoms with Crippen molar-refractivity contribution in [3.8, 4) is 0 Å². The van der Waals surface area contributed by atoms with E-state index in [1.807, 2.05) is 0 Å². The van der Waals surface area contributed by atoms with E-state index in [0.717, 1.165) is 6.42 Å². The molecule has 0 aromatic carbocycles. The Morgan fingerprint density at radius 1 is 1.45 bits per heavy atom. The van der Waals surface area contributed by atoms with E-state index in [1.165, 1.54) is 0 Å². The fraction of sp³-hybridized carbons (Fsp3) is 0.667. The lowest BCUT2D eigenvalue weighted by atomic mass is 10.3.